The van der Waals surface area contributed by atoms with Gasteiger partial charge in [0, 0.05) is 18.0 Å². The highest BCUT2D eigenvalue weighted by molar-refractivity contribution is 9.10. The molecule has 0 bridgehead atoms. The molecule has 2 rings (SSSR count). The van der Waals surface area contributed by atoms with Gasteiger partial charge in [0.25, 0.3) is 0 Å². The summed E-state index contributed by atoms with van der Waals surface area (Å²) in [7, 11) is 1.67. The minimum absolute atomic E-state index is 0.420. The Labute approximate surface area is 134 Å². The van der Waals surface area contributed by atoms with Gasteiger partial charge in [-0.15, -0.1) is 0 Å². The average Bonchev–Trinajstić information content (AvgIpc) is 2.94. The van der Waals surface area contributed by atoms with Crippen LogP contribution in [0, 0.1) is 0 Å². The monoisotopic (exact) mass is 351 g/mol. The molecule has 0 saturated carbocycles. The van der Waals surface area contributed by atoms with E-state index in [1.807, 2.05) is 30.3 Å². The first-order valence-corrected chi connectivity index (χ1v) is 8.09. The Morgan fingerprint density at radius 3 is 2.81 bits per heavy atom. The fraction of sp³-hybridized carbons (Fsp3) is 0.412. The summed E-state index contributed by atoms with van der Waals surface area (Å²) in [4.78, 5) is 0. The van der Waals surface area contributed by atoms with E-state index in [-0.39, 0.29) is 0 Å². The molecule has 0 aliphatic rings. The first-order chi connectivity index (χ1) is 10.1. The van der Waals surface area contributed by atoms with Gasteiger partial charge < -0.3 is 14.5 Å². The van der Waals surface area contributed by atoms with Crippen molar-refractivity contribution in [1.29, 1.82) is 0 Å². The fourth-order valence-electron chi connectivity index (χ4n) is 2.22. The second-order valence-electron chi connectivity index (χ2n) is 5.17. The zero-order chi connectivity index (χ0) is 15.2. The normalized spacial score (nSPS) is 12.4. The van der Waals surface area contributed by atoms with E-state index in [1.54, 1.807) is 7.11 Å². The molecule has 0 aliphatic carbocycles. The van der Waals surface area contributed by atoms with Crippen molar-refractivity contribution in [2.24, 2.45) is 0 Å². The molecule has 114 valence electrons. The summed E-state index contributed by atoms with van der Waals surface area (Å²) in [6, 6.07) is 10.5. The highest BCUT2D eigenvalue weighted by atomic mass is 79.9. The molecule has 1 aromatic carbocycles. The molecule has 1 N–H and O–H groups in total. The number of methoxy groups -OCH3 is 1. The molecule has 4 heteroatoms. The molecule has 3 nitrogen and oxygen atoms in total. The van der Waals surface area contributed by atoms with Crippen molar-refractivity contribution in [3.8, 4) is 17.1 Å². The average molecular weight is 352 g/mol. The predicted octanol–water partition coefficient (Wildman–Crippen LogP) is 4.65. The summed E-state index contributed by atoms with van der Waals surface area (Å²) < 4.78 is 12.2. The van der Waals surface area contributed by atoms with Crippen LogP contribution >= 0.6 is 15.9 Å². The van der Waals surface area contributed by atoms with E-state index >= 15 is 0 Å². The van der Waals surface area contributed by atoms with Gasteiger partial charge in [0.15, 0.2) is 0 Å². The van der Waals surface area contributed by atoms with Crippen LogP contribution in [0.3, 0.4) is 0 Å². The van der Waals surface area contributed by atoms with E-state index in [0.717, 1.165) is 46.7 Å². The van der Waals surface area contributed by atoms with Gasteiger partial charge in [-0.2, -0.15) is 0 Å². The highest BCUT2D eigenvalue weighted by Crippen LogP contribution is 2.31. The maximum atomic E-state index is 5.95. The van der Waals surface area contributed by atoms with Crippen LogP contribution in [0.1, 0.15) is 26.0 Å². The third-order valence-corrected chi connectivity index (χ3v) is 4.00. The van der Waals surface area contributed by atoms with E-state index in [4.69, 9.17) is 9.15 Å². The van der Waals surface area contributed by atoms with E-state index in [1.165, 1.54) is 0 Å². The molecule has 0 radical (unpaired) electrons. The molecule has 0 spiro atoms. The largest absolute Gasteiger partial charge is 0.496 e. The maximum Gasteiger partial charge on any atom is 0.134 e. The molecule has 0 aliphatic heterocycles. The van der Waals surface area contributed by atoms with Crippen LogP contribution in [0.15, 0.2) is 39.2 Å². The van der Waals surface area contributed by atoms with Crippen molar-refractivity contribution in [2.45, 2.75) is 32.7 Å². The molecule has 0 amide bonds. The lowest BCUT2D eigenvalue weighted by molar-refractivity contribution is 0.412. The molecule has 1 unspecified atom stereocenters. The SMILES string of the molecule is CCCNC(C)Cc1ccc(-c2ccc(Br)c(OC)c2)o1. The van der Waals surface area contributed by atoms with Gasteiger partial charge in [-0.1, -0.05) is 6.92 Å². The molecule has 0 saturated heterocycles. The maximum absolute atomic E-state index is 5.95. The smallest absolute Gasteiger partial charge is 0.134 e. The summed E-state index contributed by atoms with van der Waals surface area (Å²) >= 11 is 3.46. The van der Waals surface area contributed by atoms with Crippen molar-refractivity contribution >= 4 is 15.9 Å². The van der Waals surface area contributed by atoms with Gasteiger partial charge in [-0.3, -0.25) is 0 Å². The van der Waals surface area contributed by atoms with Crippen molar-refractivity contribution in [2.75, 3.05) is 13.7 Å². The topological polar surface area (TPSA) is 34.4 Å². The standard InChI is InChI=1S/C17H22BrNO2/c1-4-9-19-12(2)10-14-6-8-16(21-14)13-5-7-15(18)17(11-13)20-3/h5-8,11-12,19H,4,9-10H2,1-3H3. The lowest BCUT2D eigenvalue weighted by atomic mass is 10.1. The zero-order valence-electron chi connectivity index (χ0n) is 12.8. The molecule has 1 heterocycles. The number of halogens is 1. The lowest BCUT2D eigenvalue weighted by Gasteiger charge is -2.11. The van der Waals surface area contributed by atoms with E-state index in [9.17, 15) is 0 Å². The molecular formula is C17H22BrNO2. The number of benzene rings is 1. The fourth-order valence-corrected chi connectivity index (χ4v) is 2.63. The van der Waals surface area contributed by atoms with Gasteiger partial charge >= 0.3 is 0 Å². The van der Waals surface area contributed by atoms with Gasteiger partial charge in [-0.05, 0) is 66.2 Å². The second kappa shape index (κ2) is 7.66. The highest BCUT2D eigenvalue weighted by Gasteiger charge is 2.10. The number of furan rings is 1. The summed E-state index contributed by atoms with van der Waals surface area (Å²) in [5.74, 6) is 2.69. The first-order valence-electron chi connectivity index (χ1n) is 7.30. The van der Waals surface area contributed by atoms with Crippen LogP contribution in [-0.2, 0) is 6.42 Å². The van der Waals surface area contributed by atoms with E-state index < -0.39 is 0 Å². The summed E-state index contributed by atoms with van der Waals surface area (Å²) in [6.07, 6.45) is 2.04. The van der Waals surface area contributed by atoms with E-state index in [2.05, 4.69) is 35.1 Å². The van der Waals surface area contributed by atoms with E-state index in [0.29, 0.717) is 6.04 Å². The summed E-state index contributed by atoms with van der Waals surface area (Å²) in [6.45, 7) is 5.39. The minimum Gasteiger partial charge on any atom is -0.496 e. The summed E-state index contributed by atoms with van der Waals surface area (Å²) in [5.41, 5.74) is 1.02. The Kier molecular flexibility index (Phi) is 5.88. The predicted molar refractivity (Wildman–Crippen MR) is 89.9 cm³/mol. The minimum atomic E-state index is 0.420. The third-order valence-electron chi connectivity index (χ3n) is 3.35. The number of rotatable bonds is 7. The lowest BCUT2D eigenvalue weighted by Crippen LogP contribution is -2.28. The van der Waals surface area contributed by atoms with Gasteiger partial charge in [0.05, 0.1) is 11.6 Å². The molecular weight excluding hydrogens is 330 g/mol. The Bertz CT molecular complexity index is 580. The molecule has 0 fully saturated rings. The number of hydrogen-bond acceptors (Lipinski definition) is 3. The zero-order valence-corrected chi connectivity index (χ0v) is 14.4. The Morgan fingerprint density at radius 1 is 1.29 bits per heavy atom. The molecule has 1 atom stereocenters. The Balaban J connectivity index is 2.09. The first kappa shape index (κ1) is 16.1. The van der Waals surface area contributed by atoms with Crippen molar-refractivity contribution < 1.29 is 9.15 Å². The Hall–Kier alpha value is -1.26. The van der Waals surface area contributed by atoms with Crippen LogP contribution in [0.25, 0.3) is 11.3 Å². The quantitative estimate of drug-likeness (QED) is 0.788. The van der Waals surface area contributed by atoms with Crippen LogP contribution in [0.4, 0.5) is 0 Å². The molecule has 1 aromatic heterocycles. The van der Waals surface area contributed by atoms with Crippen LogP contribution in [0.5, 0.6) is 5.75 Å². The summed E-state index contributed by atoms with van der Waals surface area (Å²) in [5, 5.41) is 3.47. The number of hydrogen-bond donors (Lipinski definition) is 1. The molecule has 2 aromatic rings. The van der Waals surface area contributed by atoms with Crippen LogP contribution < -0.4 is 10.1 Å². The second-order valence-corrected chi connectivity index (χ2v) is 6.03. The van der Waals surface area contributed by atoms with Crippen LogP contribution in [-0.4, -0.2) is 19.7 Å². The van der Waals surface area contributed by atoms with Crippen molar-refractivity contribution in [3.63, 3.8) is 0 Å². The van der Waals surface area contributed by atoms with Gasteiger partial charge in [0.1, 0.15) is 17.3 Å². The third kappa shape index (κ3) is 4.35. The van der Waals surface area contributed by atoms with Crippen molar-refractivity contribution in [3.05, 3.63) is 40.6 Å². The number of nitrogens with one attached hydrogen (secondary N) is 1. The van der Waals surface area contributed by atoms with Crippen molar-refractivity contribution in [1.82, 2.24) is 5.32 Å². The van der Waals surface area contributed by atoms with Crippen LogP contribution in [0.2, 0.25) is 0 Å². The Morgan fingerprint density at radius 2 is 2.10 bits per heavy atom. The number of ether oxygens (including phenoxy) is 1. The van der Waals surface area contributed by atoms with Gasteiger partial charge in [-0.25, -0.2) is 0 Å². The van der Waals surface area contributed by atoms with Gasteiger partial charge in [0.2, 0.25) is 0 Å². The molecule has 21 heavy (non-hydrogen) atoms.